The molecular weight excluding hydrogens is 407 g/mol. The number of aryl methyl sites for hydroxylation is 1. The number of esters is 1. The highest BCUT2D eigenvalue weighted by atomic mass is 35.5. The highest BCUT2D eigenvalue weighted by molar-refractivity contribution is 6.40. The molecule has 1 saturated carbocycles. The number of likely N-dealkylation sites (tertiary alicyclic amines) is 1. The first-order chi connectivity index (χ1) is 13.3. The van der Waals surface area contributed by atoms with E-state index in [0.29, 0.717) is 17.9 Å². The summed E-state index contributed by atoms with van der Waals surface area (Å²) >= 11 is 12.1. The van der Waals surface area contributed by atoms with Crippen molar-refractivity contribution in [1.82, 2.24) is 4.90 Å². The minimum Gasteiger partial charge on any atom is -0.454 e. The highest BCUT2D eigenvalue weighted by Gasteiger charge is 2.48. The zero-order valence-electron chi connectivity index (χ0n) is 15.3. The van der Waals surface area contributed by atoms with Gasteiger partial charge in [-0.3, -0.25) is 24.1 Å². The first-order valence-electron chi connectivity index (χ1n) is 9.05. The lowest BCUT2D eigenvalue weighted by Crippen LogP contribution is -2.37. The molecule has 2 fully saturated rings. The summed E-state index contributed by atoms with van der Waals surface area (Å²) in [6, 6.07) is 3.30. The number of imide groups is 1. The van der Waals surface area contributed by atoms with Crippen LogP contribution in [0.4, 0.5) is 5.69 Å². The maximum Gasteiger partial charge on any atom is 0.326 e. The van der Waals surface area contributed by atoms with Crippen LogP contribution in [0.15, 0.2) is 12.1 Å². The van der Waals surface area contributed by atoms with Crippen LogP contribution in [0.3, 0.4) is 0 Å². The molecule has 28 heavy (non-hydrogen) atoms. The molecule has 2 atom stereocenters. The number of ether oxygens (including phenoxy) is 1. The van der Waals surface area contributed by atoms with Crippen molar-refractivity contribution >= 4 is 52.6 Å². The van der Waals surface area contributed by atoms with Gasteiger partial charge in [-0.25, -0.2) is 0 Å². The van der Waals surface area contributed by atoms with Crippen LogP contribution in [0.25, 0.3) is 0 Å². The third-order valence-corrected chi connectivity index (χ3v) is 5.93. The van der Waals surface area contributed by atoms with Crippen LogP contribution in [0.5, 0.6) is 0 Å². The molecule has 2 unspecified atom stereocenters. The fourth-order valence-corrected chi connectivity index (χ4v) is 4.12. The number of anilines is 1. The number of fused-ring (bicyclic) bond motifs is 1. The van der Waals surface area contributed by atoms with E-state index in [9.17, 15) is 19.2 Å². The van der Waals surface area contributed by atoms with E-state index in [1.54, 1.807) is 19.1 Å². The standard InChI is InChI=1S/C19H20Cl2N2O5/c1-10-6-7-13(20)17(16(10)21)22-14(24)9-28-15(25)8-23-18(26)11-4-2-3-5-12(11)19(23)27/h6-7,11-12H,2-5,8-9H2,1H3,(H,22,24). The zero-order chi connectivity index (χ0) is 20.4. The third kappa shape index (κ3) is 4.15. The average molecular weight is 427 g/mol. The Labute approximate surface area is 172 Å². The lowest BCUT2D eigenvalue weighted by atomic mass is 9.81. The van der Waals surface area contributed by atoms with Crippen molar-refractivity contribution in [3.8, 4) is 0 Å². The summed E-state index contributed by atoms with van der Waals surface area (Å²) in [4.78, 5) is 49.8. The maximum absolute atomic E-state index is 12.4. The number of amides is 3. The third-order valence-electron chi connectivity index (χ3n) is 5.13. The molecule has 2 aliphatic rings. The van der Waals surface area contributed by atoms with E-state index in [1.807, 2.05) is 0 Å². The van der Waals surface area contributed by atoms with E-state index in [0.717, 1.165) is 23.3 Å². The van der Waals surface area contributed by atoms with E-state index >= 15 is 0 Å². The number of rotatable bonds is 5. The summed E-state index contributed by atoms with van der Waals surface area (Å²) in [6.45, 7) is 0.697. The molecule has 1 saturated heterocycles. The Morgan fingerprint density at radius 3 is 2.36 bits per heavy atom. The van der Waals surface area contributed by atoms with Gasteiger partial charge < -0.3 is 10.1 Å². The van der Waals surface area contributed by atoms with Gasteiger partial charge in [0.1, 0.15) is 6.54 Å². The molecule has 150 valence electrons. The molecule has 1 aromatic carbocycles. The largest absolute Gasteiger partial charge is 0.454 e. The molecule has 3 amide bonds. The summed E-state index contributed by atoms with van der Waals surface area (Å²) in [6.07, 6.45) is 3.15. The van der Waals surface area contributed by atoms with Crippen molar-refractivity contribution < 1.29 is 23.9 Å². The van der Waals surface area contributed by atoms with Crippen LogP contribution in [0.2, 0.25) is 10.0 Å². The smallest absolute Gasteiger partial charge is 0.326 e. The molecule has 0 radical (unpaired) electrons. The summed E-state index contributed by atoms with van der Waals surface area (Å²) in [5.41, 5.74) is 0.962. The predicted octanol–water partition coefficient (Wildman–Crippen LogP) is 2.96. The van der Waals surface area contributed by atoms with Gasteiger partial charge in [0.05, 0.1) is 27.6 Å². The number of hydrogen-bond donors (Lipinski definition) is 1. The van der Waals surface area contributed by atoms with Gasteiger partial charge in [-0.2, -0.15) is 0 Å². The highest BCUT2D eigenvalue weighted by Crippen LogP contribution is 2.38. The number of hydrogen-bond acceptors (Lipinski definition) is 5. The van der Waals surface area contributed by atoms with Gasteiger partial charge >= 0.3 is 5.97 Å². The summed E-state index contributed by atoms with van der Waals surface area (Å²) < 4.78 is 4.91. The number of nitrogens with zero attached hydrogens (tertiary/aromatic N) is 1. The number of carbonyl (C=O) groups is 4. The van der Waals surface area contributed by atoms with Crippen LogP contribution in [0.1, 0.15) is 31.2 Å². The molecule has 1 aromatic rings. The van der Waals surface area contributed by atoms with Crippen LogP contribution in [-0.2, 0) is 23.9 Å². The molecule has 0 aromatic heterocycles. The first kappa shape index (κ1) is 20.6. The number of benzene rings is 1. The molecule has 1 N–H and O–H groups in total. The van der Waals surface area contributed by atoms with Gasteiger partial charge in [0, 0.05) is 0 Å². The van der Waals surface area contributed by atoms with Crippen molar-refractivity contribution in [2.45, 2.75) is 32.6 Å². The quantitative estimate of drug-likeness (QED) is 0.576. The number of nitrogens with one attached hydrogen (secondary N) is 1. The van der Waals surface area contributed by atoms with Gasteiger partial charge in [0.25, 0.3) is 5.91 Å². The van der Waals surface area contributed by atoms with Crippen LogP contribution in [-0.4, -0.2) is 41.7 Å². The fraction of sp³-hybridized carbons (Fsp3) is 0.474. The Balaban J connectivity index is 1.53. The van der Waals surface area contributed by atoms with Crippen LogP contribution >= 0.6 is 23.2 Å². The average Bonchev–Trinajstić information content (AvgIpc) is 2.92. The Morgan fingerprint density at radius 1 is 1.14 bits per heavy atom. The van der Waals surface area contributed by atoms with Crippen molar-refractivity contribution in [2.24, 2.45) is 11.8 Å². The molecule has 1 aliphatic heterocycles. The molecule has 1 aliphatic carbocycles. The topological polar surface area (TPSA) is 92.8 Å². The second-order valence-corrected chi connectivity index (χ2v) is 7.81. The molecule has 3 rings (SSSR count). The van der Waals surface area contributed by atoms with Crippen molar-refractivity contribution in [3.05, 3.63) is 27.7 Å². The molecular formula is C19H20Cl2N2O5. The monoisotopic (exact) mass is 426 g/mol. The molecule has 0 spiro atoms. The Morgan fingerprint density at radius 2 is 1.75 bits per heavy atom. The number of carbonyl (C=O) groups excluding carboxylic acids is 4. The summed E-state index contributed by atoms with van der Waals surface area (Å²) in [7, 11) is 0. The van der Waals surface area contributed by atoms with E-state index in [-0.39, 0.29) is 34.4 Å². The normalized spacial score (nSPS) is 21.5. The predicted molar refractivity (Wildman–Crippen MR) is 103 cm³/mol. The van der Waals surface area contributed by atoms with Gasteiger partial charge in [-0.05, 0) is 31.4 Å². The van der Waals surface area contributed by atoms with Gasteiger partial charge in [-0.1, -0.05) is 42.1 Å². The lowest BCUT2D eigenvalue weighted by Gasteiger charge is -2.19. The van der Waals surface area contributed by atoms with E-state index in [4.69, 9.17) is 27.9 Å². The van der Waals surface area contributed by atoms with Gasteiger partial charge in [-0.15, -0.1) is 0 Å². The van der Waals surface area contributed by atoms with Crippen molar-refractivity contribution in [3.63, 3.8) is 0 Å². The van der Waals surface area contributed by atoms with Crippen LogP contribution < -0.4 is 5.32 Å². The maximum atomic E-state index is 12.4. The molecule has 7 nitrogen and oxygen atoms in total. The lowest BCUT2D eigenvalue weighted by molar-refractivity contribution is -0.154. The van der Waals surface area contributed by atoms with Gasteiger partial charge in [0.2, 0.25) is 11.8 Å². The molecule has 9 heteroatoms. The Bertz CT molecular complexity index is 818. The Hall–Kier alpha value is -2.12. The summed E-state index contributed by atoms with van der Waals surface area (Å²) in [5.74, 6) is -2.76. The first-order valence-corrected chi connectivity index (χ1v) is 9.80. The van der Waals surface area contributed by atoms with Gasteiger partial charge in [0.15, 0.2) is 6.61 Å². The van der Waals surface area contributed by atoms with E-state index < -0.39 is 25.0 Å². The Kier molecular flexibility index (Phi) is 6.25. The zero-order valence-corrected chi connectivity index (χ0v) is 16.8. The van der Waals surface area contributed by atoms with E-state index in [1.165, 1.54) is 0 Å². The SMILES string of the molecule is Cc1ccc(Cl)c(NC(=O)COC(=O)CN2C(=O)C3CCCCC3C2=O)c1Cl. The minimum atomic E-state index is -0.822. The second kappa shape index (κ2) is 8.49. The second-order valence-electron chi connectivity index (χ2n) is 7.02. The van der Waals surface area contributed by atoms with Crippen molar-refractivity contribution in [1.29, 1.82) is 0 Å². The fourth-order valence-electron chi connectivity index (χ4n) is 3.65. The van der Waals surface area contributed by atoms with Crippen molar-refractivity contribution in [2.75, 3.05) is 18.5 Å². The molecule has 0 bridgehead atoms. The number of halogens is 2. The summed E-state index contributed by atoms with van der Waals surface area (Å²) in [5, 5.41) is 3.05. The minimum absolute atomic E-state index is 0.235. The molecule has 1 heterocycles. The van der Waals surface area contributed by atoms with Crippen LogP contribution in [0, 0.1) is 18.8 Å². The van der Waals surface area contributed by atoms with E-state index in [2.05, 4.69) is 5.32 Å².